The van der Waals surface area contributed by atoms with Crippen molar-refractivity contribution in [2.24, 2.45) is 0 Å². The van der Waals surface area contributed by atoms with Gasteiger partial charge in [-0.15, -0.1) is 0 Å². The van der Waals surface area contributed by atoms with Crippen molar-refractivity contribution in [2.75, 3.05) is 0 Å². The molecule has 0 saturated carbocycles. The molecule has 7 nitrogen and oxygen atoms in total. The number of benzene rings is 2. The van der Waals surface area contributed by atoms with Gasteiger partial charge in [-0.25, -0.2) is 16.8 Å². The van der Waals surface area contributed by atoms with Crippen LogP contribution in [0.5, 0.6) is 0 Å². The third-order valence-corrected chi connectivity index (χ3v) is 12.4. The van der Waals surface area contributed by atoms with E-state index in [0.29, 0.717) is 27.8 Å². The Labute approximate surface area is 249 Å². The molecule has 0 amide bonds. The van der Waals surface area contributed by atoms with Gasteiger partial charge in [0.15, 0.2) is 0 Å². The van der Waals surface area contributed by atoms with Crippen molar-refractivity contribution in [1.29, 1.82) is 0 Å². The normalized spacial score (nSPS) is 26.4. The second kappa shape index (κ2) is 12.6. The van der Waals surface area contributed by atoms with Crippen LogP contribution >= 0.6 is 23.2 Å². The molecule has 4 saturated heterocycles. The lowest BCUT2D eigenvalue weighted by molar-refractivity contribution is -0.122. The van der Waals surface area contributed by atoms with E-state index in [-0.39, 0.29) is 49.7 Å². The summed E-state index contributed by atoms with van der Waals surface area (Å²) >= 11 is 11.6. The number of sulfonamides is 2. The van der Waals surface area contributed by atoms with Crippen molar-refractivity contribution in [2.45, 2.75) is 100 Å². The van der Waals surface area contributed by atoms with E-state index < -0.39 is 20.0 Å². The largest absolute Gasteiger partial charge is 0.300 e. The molecule has 4 atom stereocenters. The second-order valence-electron chi connectivity index (χ2n) is 10.5. The molecule has 11 heteroatoms. The topological polar surface area (TPSA) is 91.8 Å². The molecule has 4 aliphatic heterocycles. The molecule has 0 spiro atoms. The van der Waals surface area contributed by atoms with Crippen molar-refractivity contribution >= 4 is 49.0 Å². The summed E-state index contributed by atoms with van der Waals surface area (Å²) in [6.07, 6.45) is 5.73. The molecule has 0 N–H and O–H groups in total. The van der Waals surface area contributed by atoms with Crippen molar-refractivity contribution < 1.29 is 21.6 Å². The van der Waals surface area contributed by atoms with E-state index in [1.807, 2.05) is 0 Å². The molecule has 4 unspecified atom stereocenters. The molecule has 0 aromatic heterocycles. The predicted octanol–water partition coefficient (Wildman–Crippen LogP) is 6.71. The third-order valence-electron chi connectivity index (χ3n) is 7.86. The van der Waals surface area contributed by atoms with Crippen LogP contribution < -0.4 is 0 Å². The zero-order valence-electron chi connectivity index (χ0n) is 20.8. The third kappa shape index (κ3) is 6.35. The van der Waals surface area contributed by atoms with Crippen LogP contribution in [0, 0.1) is 0 Å². The Kier molecular flexibility index (Phi) is 10.3. The van der Waals surface area contributed by atoms with Crippen LogP contribution in [-0.4, -0.2) is 55.4 Å². The highest BCUT2D eigenvalue weighted by Gasteiger charge is 2.47. The first-order chi connectivity index (χ1) is 18.0. The lowest BCUT2D eigenvalue weighted by atomic mass is 10.0. The summed E-state index contributed by atoms with van der Waals surface area (Å²) in [6.45, 7) is 4.02. The van der Waals surface area contributed by atoms with Crippen molar-refractivity contribution in [1.82, 2.24) is 8.61 Å². The van der Waals surface area contributed by atoms with Crippen LogP contribution in [0.25, 0.3) is 0 Å². The molecule has 4 aliphatic rings. The standard InChI is InChI=1S/C14H16ClNO2S.C13H14ClNO3S.2CH4/c1-10-8-12-4-5-13(9-10)16(12)19(17,18)14-6-2-11(15)3-7-14;14-9-1-5-13(6-2-9)19(17,18)15-10-3-4-11(15)8-12(16)7-10;;/h2-3,6-7,12-13H,1,4-5,8-9H2;1-2,5-6,10-11H,3-4,7-8H2;2*1H4. The summed E-state index contributed by atoms with van der Waals surface area (Å²) in [5, 5.41) is 1.06. The molecule has 40 heavy (non-hydrogen) atoms. The monoisotopic (exact) mass is 628 g/mol. The Balaban J connectivity index is 0.000000210. The van der Waals surface area contributed by atoms with Crippen LogP contribution in [0.3, 0.4) is 0 Å². The number of nitrogens with zero attached hydrogens (tertiary/aromatic N) is 2. The van der Waals surface area contributed by atoms with E-state index >= 15 is 0 Å². The number of ketones is 1. The van der Waals surface area contributed by atoms with Gasteiger partial charge in [-0.2, -0.15) is 8.61 Å². The second-order valence-corrected chi connectivity index (χ2v) is 15.0. The lowest BCUT2D eigenvalue weighted by Crippen LogP contribution is -2.46. The van der Waals surface area contributed by atoms with Gasteiger partial charge in [0.1, 0.15) is 5.78 Å². The number of rotatable bonds is 4. The van der Waals surface area contributed by atoms with Gasteiger partial charge in [0.2, 0.25) is 20.0 Å². The highest BCUT2D eigenvalue weighted by atomic mass is 35.5. The maximum absolute atomic E-state index is 12.7. The number of carbonyl (C=O) groups excluding carboxylic acids is 1. The Bertz CT molecular complexity index is 1300. The summed E-state index contributed by atoms with van der Waals surface area (Å²) in [7, 11) is -6.92. The number of fused-ring (bicyclic) bond motifs is 4. The average molecular weight is 630 g/mol. The molecular formula is C29H38Cl2N2O5S2. The molecule has 0 aliphatic carbocycles. The SMILES string of the molecule is C.C.C=C1CC2CCC(C1)N2S(=O)(=O)c1ccc(Cl)cc1.O=C1CC2CCC(C1)N2S(=O)(=O)c1ccc(Cl)cc1. The van der Waals surface area contributed by atoms with E-state index in [0.717, 1.165) is 38.5 Å². The molecule has 4 fully saturated rings. The zero-order valence-corrected chi connectivity index (χ0v) is 23.9. The predicted molar refractivity (Wildman–Crippen MR) is 161 cm³/mol. The number of hydrogen-bond acceptors (Lipinski definition) is 5. The summed E-state index contributed by atoms with van der Waals surface area (Å²) in [5.41, 5.74) is 1.18. The van der Waals surface area contributed by atoms with Gasteiger partial charge in [0.25, 0.3) is 0 Å². The number of piperidine rings is 2. The first-order valence-electron chi connectivity index (χ1n) is 12.7. The lowest BCUT2D eigenvalue weighted by Gasteiger charge is -2.34. The van der Waals surface area contributed by atoms with Gasteiger partial charge in [-0.3, -0.25) is 4.79 Å². The van der Waals surface area contributed by atoms with Crippen molar-refractivity contribution in [3.63, 3.8) is 0 Å². The van der Waals surface area contributed by atoms with Gasteiger partial charge in [0, 0.05) is 47.1 Å². The first kappa shape index (κ1) is 32.8. The van der Waals surface area contributed by atoms with Crippen LogP contribution in [0.1, 0.15) is 66.2 Å². The number of carbonyl (C=O) groups is 1. The molecule has 0 radical (unpaired) electrons. The average Bonchev–Trinajstić information content (AvgIpc) is 3.32. The molecule has 2 aromatic rings. The van der Waals surface area contributed by atoms with Gasteiger partial charge < -0.3 is 0 Å². The minimum atomic E-state index is -3.52. The van der Waals surface area contributed by atoms with Crippen LogP contribution in [0.2, 0.25) is 10.0 Å². The zero-order chi connectivity index (χ0) is 27.2. The van der Waals surface area contributed by atoms with Crippen molar-refractivity contribution in [3.05, 3.63) is 70.7 Å². The van der Waals surface area contributed by atoms with Gasteiger partial charge >= 0.3 is 0 Å². The Morgan fingerprint density at radius 1 is 0.600 bits per heavy atom. The number of hydrogen-bond donors (Lipinski definition) is 0. The quantitative estimate of drug-likeness (QED) is 0.351. The summed E-state index contributed by atoms with van der Waals surface area (Å²) in [5.74, 6) is 0.176. The van der Waals surface area contributed by atoms with Crippen LogP contribution in [0.15, 0.2) is 70.5 Å². The summed E-state index contributed by atoms with van der Waals surface area (Å²) in [4.78, 5) is 12.1. The molecule has 2 aromatic carbocycles. The fourth-order valence-electron chi connectivity index (χ4n) is 6.24. The Hall–Kier alpha value is -1.75. The van der Waals surface area contributed by atoms with Crippen LogP contribution in [0.4, 0.5) is 0 Å². The van der Waals surface area contributed by atoms with E-state index in [1.54, 1.807) is 40.7 Å². The fraction of sp³-hybridized carbons (Fsp3) is 0.483. The van der Waals surface area contributed by atoms with E-state index in [9.17, 15) is 21.6 Å². The number of halogens is 2. The van der Waals surface area contributed by atoms with Gasteiger partial charge in [0.05, 0.1) is 9.79 Å². The molecular weight excluding hydrogens is 591 g/mol. The maximum Gasteiger partial charge on any atom is 0.243 e. The Morgan fingerprint density at radius 3 is 1.23 bits per heavy atom. The number of Topliss-reactive ketones (excluding diaryl/α,β-unsaturated/α-hetero) is 1. The smallest absolute Gasteiger partial charge is 0.243 e. The highest BCUT2D eigenvalue weighted by molar-refractivity contribution is 7.89. The summed E-state index contributed by atoms with van der Waals surface area (Å²) < 4.78 is 54.0. The maximum atomic E-state index is 12.7. The van der Waals surface area contributed by atoms with E-state index in [2.05, 4.69) is 6.58 Å². The molecule has 4 bridgehead atoms. The molecule has 6 rings (SSSR count). The summed E-state index contributed by atoms with van der Waals surface area (Å²) in [6, 6.07) is 12.5. The van der Waals surface area contributed by atoms with E-state index in [4.69, 9.17) is 23.2 Å². The van der Waals surface area contributed by atoms with Gasteiger partial charge in [-0.1, -0.05) is 50.2 Å². The minimum Gasteiger partial charge on any atom is -0.300 e. The fourth-order valence-corrected chi connectivity index (χ4v) is 10.2. The van der Waals surface area contributed by atoms with Crippen LogP contribution in [-0.2, 0) is 24.8 Å². The minimum absolute atomic E-state index is 0. The Morgan fingerprint density at radius 2 is 0.900 bits per heavy atom. The molecule has 4 heterocycles. The highest BCUT2D eigenvalue weighted by Crippen LogP contribution is 2.41. The van der Waals surface area contributed by atoms with Crippen molar-refractivity contribution in [3.8, 4) is 0 Å². The first-order valence-corrected chi connectivity index (χ1v) is 16.4. The molecule has 220 valence electrons. The van der Waals surface area contributed by atoms with E-state index in [1.165, 1.54) is 22.0 Å². The van der Waals surface area contributed by atoms with Gasteiger partial charge in [-0.05, 0) is 87.1 Å².